The van der Waals surface area contributed by atoms with Gasteiger partial charge in [0.25, 0.3) is 0 Å². The zero-order valence-electron chi connectivity index (χ0n) is 13.9. The summed E-state index contributed by atoms with van der Waals surface area (Å²) in [6, 6.07) is 0. The number of halogens is 1. The van der Waals surface area contributed by atoms with Gasteiger partial charge < -0.3 is 9.47 Å². The van der Waals surface area contributed by atoms with Gasteiger partial charge in [0.1, 0.15) is 0 Å². The maximum absolute atomic E-state index is 12.3. The molecule has 0 aromatic carbocycles. The summed E-state index contributed by atoms with van der Waals surface area (Å²) >= 11 is 6.16. The van der Waals surface area contributed by atoms with E-state index >= 15 is 0 Å². The first-order valence-corrected chi connectivity index (χ1v) is 9.79. The maximum atomic E-state index is 12.3. The number of carbonyl (C=O) groups is 1. The van der Waals surface area contributed by atoms with Crippen LogP contribution in [0.15, 0.2) is 6.20 Å². The van der Waals surface area contributed by atoms with Crippen LogP contribution in [-0.2, 0) is 9.47 Å². The van der Waals surface area contributed by atoms with E-state index in [1.807, 2.05) is 13.8 Å². The van der Waals surface area contributed by atoms with Crippen LogP contribution in [0.25, 0.3) is 11.0 Å². The Kier molecular flexibility index (Phi) is 4.38. The predicted octanol–water partition coefficient (Wildman–Crippen LogP) is 3.49. The van der Waals surface area contributed by atoms with Crippen LogP contribution in [-0.4, -0.2) is 43.3 Å². The van der Waals surface area contributed by atoms with Gasteiger partial charge in [-0.05, 0) is 60.2 Å². The average Bonchev–Trinajstić information content (AvgIpc) is 3.18. The van der Waals surface area contributed by atoms with Gasteiger partial charge in [0.05, 0.1) is 11.6 Å². The number of hydrogen-bond donors (Lipinski definition) is 0. The number of nitrogens with zero attached hydrogens (tertiary/aromatic N) is 5. The highest BCUT2D eigenvalue weighted by Gasteiger charge is 2.33. The number of fused-ring (bicyclic) bond motifs is 1. The van der Waals surface area contributed by atoms with Crippen LogP contribution in [0.2, 0.25) is 5.28 Å². The van der Waals surface area contributed by atoms with Crippen LogP contribution < -0.4 is 4.31 Å². The van der Waals surface area contributed by atoms with Crippen molar-refractivity contribution >= 4 is 50.1 Å². The van der Waals surface area contributed by atoms with Crippen LogP contribution in [0.3, 0.4) is 0 Å². The summed E-state index contributed by atoms with van der Waals surface area (Å²) in [6.07, 6.45) is 4.05. The Morgan fingerprint density at radius 3 is 2.92 bits per heavy atom. The van der Waals surface area contributed by atoms with E-state index in [1.165, 1.54) is 0 Å². The summed E-state index contributed by atoms with van der Waals surface area (Å²) in [6.45, 7) is 4.64. The van der Waals surface area contributed by atoms with Crippen molar-refractivity contribution in [1.29, 1.82) is 0 Å². The Labute approximate surface area is 152 Å². The third kappa shape index (κ3) is 2.90. The second-order valence-electron chi connectivity index (χ2n) is 6.06. The van der Waals surface area contributed by atoms with Crippen LogP contribution in [0.5, 0.6) is 0 Å². The monoisotopic (exact) mass is 383 g/mol. The first-order valence-electron chi connectivity index (χ1n) is 8.06. The molecule has 2 saturated heterocycles. The molecule has 25 heavy (non-hydrogen) atoms. The van der Waals surface area contributed by atoms with Crippen molar-refractivity contribution in [2.45, 2.75) is 39.3 Å². The minimum Gasteiger partial charge on any atom is -0.436 e. The van der Waals surface area contributed by atoms with Gasteiger partial charge in [-0.1, -0.05) is 0 Å². The number of amides is 1. The third-order valence-electron chi connectivity index (χ3n) is 4.18. The van der Waals surface area contributed by atoms with E-state index in [4.69, 9.17) is 21.1 Å². The SMILES string of the molecule is CC(C)=S1COC(=O)N1c1nc(Cl)nc2c1cnn2C1CCCCO1. The summed E-state index contributed by atoms with van der Waals surface area (Å²) in [5, 5.41) is 5.16. The zero-order valence-corrected chi connectivity index (χ0v) is 15.5. The lowest BCUT2D eigenvalue weighted by Gasteiger charge is -2.23. The van der Waals surface area contributed by atoms with Gasteiger partial charge in [-0.2, -0.15) is 15.1 Å². The summed E-state index contributed by atoms with van der Waals surface area (Å²) in [5.41, 5.74) is 0.568. The van der Waals surface area contributed by atoms with Crippen molar-refractivity contribution in [2.24, 2.45) is 0 Å². The lowest BCUT2D eigenvalue weighted by Crippen LogP contribution is -2.22. The lowest BCUT2D eigenvalue weighted by atomic mass is 10.2. The van der Waals surface area contributed by atoms with E-state index in [1.54, 1.807) is 15.2 Å². The Morgan fingerprint density at radius 1 is 1.36 bits per heavy atom. The van der Waals surface area contributed by atoms with E-state index < -0.39 is 16.8 Å². The highest BCUT2D eigenvalue weighted by Crippen LogP contribution is 2.39. The quantitative estimate of drug-likeness (QED) is 0.583. The van der Waals surface area contributed by atoms with E-state index in [9.17, 15) is 4.79 Å². The Balaban J connectivity index is 1.86. The molecule has 134 valence electrons. The minimum atomic E-state index is -0.497. The summed E-state index contributed by atoms with van der Waals surface area (Å²) in [7, 11) is -0.497. The van der Waals surface area contributed by atoms with Crippen LogP contribution in [0, 0.1) is 0 Å². The molecule has 1 amide bonds. The van der Waals surface area contributed by atoms with Crippen LogP contribution in [0.1, 0.15) is 39.3 Å². The summed E-state index contributed by atoms with van der Waals surface area (Å²) < 4.78 is 14.3. The molecular formula is C15H18ClN5O3S. The lowest BCUT2D eigenvalue weighted by molar-refractivity contribution is -0.0370. The van der Waals surface area contributed by atoms with Gasteiger partial charge in [-0.3, -0.25) is 0 Å². The number of rotatable bonds is 2. The van der Waals surface area contributed by atoms with Gasteiger partial charge in [-0.25, -0.2) is 13.8 Å². The Hall–Kier alpha value is -1.71. The second kappa shape index (κ2) is 6.54. The van der Waals surface area contributed by atoms with Gasteiger partial charge >= 0.3 is 6.09 Å². The standard InChI is InChI=1S/C15H18ClN5O3S/c1-9(2)25-8-24-15(22)21(25)13-10-7-17-20(11-5-3-4-6-23-11)12(10)18-14(16)19-13/h7,11H,3-6,8H2,1-2H3. The largest absolute Gasteiger partial charge is 0.436 e. The maximum Gasteiger partial charge on any atom is 0.426 e. The average molecular weight is 384 g/mol. The fraction of sp³-hybridized carbons (Fsp3) is 0.533. The fourth-order valence-electron chi connectivity index (χ4n) is 2.97. The molecule has 2 unspecified atom stereocenters. The van der Waals surface area contributed by atoms with Gasteiger partial charge in [-0.15, -0.1) is 0 Å². The number of anilines is 1. The summed E-state index contributed by atoms with van der Waals surface area (Å²) in [5.74, 6) is 0.758. The van der Waals surface area contributed by atoms with Crippen LogP contribution >= 0.6 is 22.3 Å². The van der Waals surface area contributed by atoms with Crippen molar-refractivity contribution in [2.75, 3.05) is 16.9 Å². The number of hydrogen-bond acceptors (Lipinski definition) is 6. The minimum absolute atomic E-state index is 0.0667. The van der Waals surface area contributed by atoms with E-state index in [0.29, 0.717) is 29.4 Å². The molecule has 0 N–H and O–H groups in total. The molecule has 0 saturated carbocycles. The van der Waals surface area contributed by atoms with Crippen molar-refractivity contribution in [1.82, 2.24) is 19.7 Å². The molecule has 0 aliphatic carbocycles. The molecular weight excluding hydrogens is 366 g/mol. The smallest absolute Gasteiger partial charge is 0.426 e. The normalized spacial score (nSPS) is 24.0. The van der Waals surface area contributed by atoms with E-state index in [0.717, 1.165) is 24.1 Å². The number of carbonyl (C=O) groups excluding carboxylic acids is 1. The van der Waals surface area contributed by atoms with E-state index in [-0.39, 0.29) is 11.5 Å². The first kappa shape index (κ1) is 16.7. The molecule has 2 aromatic heterocycles. The Morgan fingerprint density at radius 2 is 2.20 bits per heavy atom. The first-order chi connectivity index (χ1) is 12.1. The Bertz CT molecular complexity index is 873. The molecule has 2 aliphatic rings. The molecule has 4 heterocycles. The molecule has 4 rings (SSSR count). The van der Waals surface area contributed by atoms with E-state index in [2.05, 4.69) is 15.1 Å². The summed E-state index contributed by atoms with van der Waals surface area (Å²) in [4.78, 5) is 22.0. The molecule has 10 heteroatoms. The van der Waals surface area contributed by atoms with Gasteiger partial charge in [0, 0.05) is 6.61 Å². The topological polar surface area (TPSA) is 82.4 Å². The van der Waals surface area contributed by atoms with Crippen molar-refractivity contribution in [3.8, 4) is 0 Å². The molecule has 0 radical (unpaired) electrons. The third-order valence-corrected chi connectivity index (χ3v) is 6.39. The highest BCUT2D eigenvalue weighted by atomic mass is 35.5. The molecule has 0 bridgehead atoms. The molecule has 2 fully saturated rings. The second-order valence-corrected chi connectivity index (χ2v) is 8.54. The fourth-order valence-corrected chi connectivity index (χ4v) is 4.63. The van der Waals surface area contributed by atoms with Gasteiger partial charge in [0.15, 0.2) is 23.6 Å². The van der Waals surface area contributed by atoms with Crippen molar-refractivity contribution in [3.63, 3.8) is 0 Å². The molecule has 2 aliphatic heterocycles. The molecule has 2 atom stereocenters. The molecule has 8 nitrogen and oxygen atoms in total. The number of cyclic esters (lactones) is 1. The molecule has 0 spiro atoms. The van der Waals surface area contributed by atoms with Crippen LogP contribution in [0.4, 0.5) is 10.6 Å². The zero-order chi connectivity index (χ0) is 17.6. The van der Waals surface area contributed by atoms with Crippen molar-refractivity contribution < 1.29 is 14.3 Å². The number of aromatic nitrogens is 4. The predicted molar refractivity (Wildman–Crippen MR) is 96.9 cm³/mol. The van der Waals surface area contributed by atoms with Gasteiger partial charge in [0.2, 0.25) is 5.28 Å². The number of ether oxygens (including phenoxy) is 2. The molecule has 2 aromatic rings. The highest BCUT2D eigenvalue weighted by molar-refractivity contribution is 8.17. The van der Waals surface area contributed by atoms with Crippen molar-refractivity contribution in [3.05, 3.63) is 11.5 Å².